The summed E-state index contributed by atoms with van der Waals surface area (Å²) in [6.07, 6.45) is 7.03. The molecule has 0 spiro atoms. The maximum Gasteiger partial charge on any atom is 0.289 e. The molecule has 0 atom stereocenters. The summed E-state index contributed by atoms with van der Waals surface area (Å²) in [5, 5.41) is 6.27. The molecule has 1 saturated carbocycles. The molecule has 1 aliphatic carbocycles. The monoisotopic (exact) mass is 374 g/mol. The number of hydrogen-bond acceptors (Lipinski definition) is 6. The third-order valence-electron chi connectivity index (χ3n) is 5.32. The van der Waals surface area contributed by atoms with Crippen LogP contribution in [-0.2, 0) is 4.74 Å². The van der Waals surface area contributed by atoms with Gasteiger partial charge in [0, 0.05) is 29.4 Å². The minimum absolute atomic E-state index is 0.142. The normalized spacial score (nSPS) is 19.5. The Labute approximate surface area is 158 Å². The van der Waals surface area contributed by atoms with Gasteiger partial charge >= 0.3 is 0 Å². The van der Waals surface area contributed by atoms with Gasteiger partial charge in [0.2, 0.25) is 5.82 Å². The van der Waals surface area contributed by atoms with Crippen molar-refractivity contribution in [3.63, 3.8) is 0 Å². The van der Waals surface area contributed by atoms with Crippen LogP contribution in [0.4, 0.5) is 5.82 Å². The Morgan fingerprint density at radius 2 is 1.92 bits per heavy atom. The van der Waals surface area contributed by atoms with Gasteiger partial charge in [0.1, 0.15) is 5.82 Å². The molecule has 1 saturated heterocycles. The van der Waals surface area contributed by atoms with Crippen molar-refractivity contribution in [3.05, 3.63) is 16.1 Å². The van der Waals surface area contributed by atoms with Gasteiger partial charge in [0.15, 0.2) is 0 Å². The Morgan fingerprint density at radius 3 is 2.65 bits per heavy atom. The first-order valence-corrected chi connectivity index (χ1v) is 10.5. The summed E-state index contributed by atoms with van der Waals surface area (Å²) in [4.78, 5) is 25.5. The molecule has 0 unspecified atom stereocenters. The highest BCUT2D eigenvalue weighted by Crippen LogP contribution is 2.32. The second-order valence-corrected chi connectivity index (χ2v) is 8.27. The molecule has 26 heavy (non-hydrogen) atoms. The fraction of sp³-hybridized carbons (Fsp3) is 0.632. The van der Waals surface area contributed by atoms with Crippen molar-refractivity contribution in [2.75, 3.05) is 31.2 Å². The molecule has 0 bridgehead atoms. The maximum atomic E-state index is 12.8. The zero-order chi connectivity index (χ0) is 17.9. The summed E-state index contributed by atoms with van der Waals surface area (Å²) in [6, 6.07) is 0.250. The van der Waals surface area contributed by atoms with Gasteiger partial charge in [0.05, 0.1) is 24.1 Å². The first kappa shape index (κ1) is 17.7. The summed E-state index contributed by atoms with van der Waals surface area (Å²) in [5.74, 6) is 1.03. The molecular weight excluding hydrogens is 348 g/mol. The zero-order valence-corrected chi connectivity index (χ0v) is 16.1. The van der Waals surface area contributed by atoms with Crippen molar-refractivity contribution in [3.8, 4) is 0 Å². The van der Waals surface area contributed by atoms with Gasteiger partial charge in [-0.25, -0.2) is 9.97 Å². The zero-order valence-electron chi connectivity index (χ0n) is 15.3. The van der Waals surface area contributed by atoms with E-state index in [1.165, 1.54) is 30.6 Å². The van der Waals surface area contributed by atoms with Gasteiger partial charge in [-0.3, -0.25) is 4.79 Å². The van der Waals surface area contributed by atoms with E-state index >= 15 is 0 Å². The van der Waals surface area contributed by atoms with Crippen LogP contribution < -0.4 is 10.2 Å². The molecule has 0 aromatic carbocycles. The third kappa shape index (κ3) is 3.69. The van der Waals surface area contributed by atoms with Crippen molar-refractivity contribution in [1.82, 2.24) is 15.3 Å². The lowest BCUT2D eigenvalue weighted by Gasteiger charge is -2.28. The largest absolute Gasteiger partial charge is 0.378 e. The number of aromatic nitrogens is 2. The lowest BCUT2D eigenvalue weighted by Crippen LogP contribution is -2.38. The molecule has 3 heterocycles. The first-order valence-electron chi connectivity index (χ1n) is 9.62. The van der Waals surface area contributed by atoms with Gasteiger partial charge < -0.3 is 15.0 Å². The fourth-order valence-electron chi connectivity index (χ4n) is 3.87. The van der Waals surface area contributed by atoms with Gasteiger partial charge in [-0.05, 0) is 19.8 Å². The van der Waals surface area contributed by atoms with Crippen LogP contribution in [0.15, 0.2) is 5.38 Å². The van der Waals surface area contributed by atoms with Crippen LogP contribution in [-0.4, -0.2) is 48.2 Å². The molecule has 2 aromatic rings. The number of carbonyl (C=O) groups is 1. The number of thiophene rings is 1. The predicted molar refractivity (Wildman–Crippen MR) is 104 cm³/mol. The van der Waals surface area contributed by atoms with E-state index in [0.29, 0.717) is 19.0 Å². The van der Waals surface area contributed by atoms with E-state index in [2.05, 4.69) is 22.1 Å². The number of nitrogens with one attached hydrogen (secondary N) is 1. The van der Waals surface area contributed by atoms with Crippen molar-refractivity contribution in [2.45, 2.75) is 51.5 Å². The van der Waals surface area contributed by atoms with Crippen LogP contribution in [0.25, 0.3) is 10.9 Å². The number of carbonyl (C=O) groups excluding carboxylic acids is 1. The smallest absolute Gasteiger partial charge is 0.289 e. The first-order chi connectivity index (χ1) is 12.7. The van der Waals surface area contributed by atoms with Crippen LogP contribution in [0.2, 0.25) is 0 Å². The highest BCUT2D eigenvalue weighted by molar-refractivity contribution is 7.11. The number of rotatable bonds is 3. The van der Waals surface area contributed by atoms with Crippen LogP contribution in [0.5, 0.6) is 0 Å². The number of ether oxygens (including phenoxy) is 1. The number of nitrogens with zero attached hydrogens (tertiary/aromatic N) is 3. The second-order valence-electron chi connectivity index (χ2n) is 7.18. The Balaban J connectivity index is 1.63. The number of hydrogen-bond donors (Lipinski definition) is 1. The Kier molecular flexibility index (Phi) is 5.36. The predicted octanol–water partition coefficient (Wildman–Crippen LogP) is 3.29. The van der Waals surface area contributed by atoms with E-state index in [9.17, 15) is 4.79 Å². The molecule has 1 N–H and O–H groups in total. The molecule has 2 fully saturated rings. The average molecular weight is 375 g/mol. The number of aryl methyl sites for hydroxylation is 1. The third-order valence-corrected chi connectivity index (χ3v) is 6.22. The van der Waals surface area contributed by atoms with Crippen molar-refractivity contribution in [2.24, 2.45) is 0 Å². The molecule has 6 nitrogen and oxygen atoms in total. The molecule has 7 heteroatoms. The molecule has 2 aromatic heterocycles. The Morgan fingerprint density at radius 1 is 1.19 bits per heavy atom. The standard InChI is InChI=1S/C19H26N4O2S/c1-13-16-15(12-26-13)21-17(22-18(16)23-8-10-25-11-9-23)19(24)20-14-6-4-2-3-5-7-14/h12,14H,2-11H2,1H3,(H,20,24). The number of amides is 1. The van der Waals surface area contributed by atoms with E-state index < -0.39 is 0 Å². The SMILES string of the molecule is Cc1scc2nc(C(=O)NC3CCCCCC3)nc(N3CCOCC3)c12. The molecular formula is C19H26N4O2S. The summed E-state index contributed by atoms with van der Waals surface area (Å²) in [6.45, 7) is 5.07. The number of morpholine rings is 1. The van der Waals surface area contributed by atoms with Crippen LogP contribution >= 0.6 is 11.3 Å². The van der Waals surface area contributed by atoms with E-state index in [-0.39, 0.29) is 11.9 Å². The average Bonchev–Trinajstić information content (AvgIpc) is 2.87. The van der Waals surface area contributed by atoms with E-state index in [1.54, 1.807) is 11.3 Å². The fourth-order valence-corrected chi connectivity index (χ4v) is 4.64. The highest BCUT2D eigenvalue weighted by atomic mass is 32.1. The minimum atomic E-state index is -0.142. The quantitative estimate of drug-likeness (QED) is 0.835. The van der Waals surface area contributed by atoms with Crippen LogP contribution in [0, 0.1) is 6.92 Å². The highest BCUT2D eigenvalue weighted by Gasteiger charge is 2.23. The summed E-state index contributed by atoms with van der Waals surface area (Å²) >= 11 is 1.66. The van der Waals surface area contributed by atoms with Crippen molar-refractivity contribution < 1.29 is 9.53 Å². The summed E-state index contributed by atoms with van der Waals surface area (Å²) in [5.41, 5.74) is 0.870. The Bertz CT molecular complexity index is 777. The van der Waals surface area contributed by atoms with E-state index in [0.717, 1.165) is 42.7 Å². The Hall–Kier alpha value is -1.73. The molecule has 2 aliphatic rings. The van der Waals surface area contributed by atoms with Crippen molar-refractivity contribution >= 4 is 34.0 Å². The molecule has 1 amide bonds. The van der Waals surface area contributed by atoms with Gasteiger partial charge in [0.25, 0.3) is 5.91 Å². The van der Waals surface area contributed by atoms with Gasteiger partial charge in [-0.15, -0.1) is 11.3 Å². The lowest BCUT2D eigenvalue weighted by molar-refractivity contribution is 0.0923. The minimum Gasteiger partial charge on any atom is -0.378 e. The van der Waals surface area contributed by atoms with E-state index in [1.807, 2.05) is 5.38 Å². The van der Waals surface area contributed by atoms with Gasteiger partial charge in [-0.1, -0.05) is 25.7 Å². The topological polar surface area (TPSA) is 67.4 Å². The lowest BCUT2D eigenvalue weighted by atomic mass is 10.1. The van der Waals surface area contributed by atoms with Crippen LogP contribution in [0.3, 0.4) is 0 Å². The summed E-state index contributed by atoms with van der Waals surface area (Å²) < 4.78 is 5.47. The van der Waals surface area contributed by atoms with Gasteiger partial charge in [-0.2, -0.15) is 0 Å². The molecule has 140 valence electrons. The molecule has 1 aliphatic heterocycles. The molecule has 0 radical (unpaired) electrons. The number of anilines is 1. The number of fused-ring (bicyclic) bond motifs is 1. The van der Waals surface area contributed by atoms with Crippen LogP contribution in [0.1, 0.15) is 54.0 Å². The maximum absolute atomic E-state index is 12.8. The van der Waals surface area contributed by atoms with Crippen molar-refractivity contribution in [1.29, 1.82) is 0 Å². The molecule has 4 rings (SSSR count). The van der Waals surface area contributed by atoms with E-state index in [4.69, 9.17) is 9.72 Å². The summed E-state index contributed by atoms with van der Waals surface area (Å²) in [7, 11) is 0. The second kappa shape index (κ2) is 7.88.